The monoisotopic (exact) mass is 330 g/mol. The maximum absolute atomic E-state index is 11.1. The molecule has 0 aliphatic carbocycles. The Morgan fingerprint density at radius 2 is 1.70 bits per heavy atom. The number of nitrogens with one attached hydrogen (secondary N) is 1. The second kappa shape index (κ2) is 7.18. The minimum atomic E-state index is -0.905. The third-order valence-electron chi connectivity index (χ3n) is 4.15. The van der Waals surface area contributed by atoms with Gasteiger partial charge >= 0.3 is 0 Å². The third kappa shape index (κ3) is 3.42. The average Bonchev–Trinajstić information content (AvgIpc) is 2.92. The van der Waals surface area contributed by atoms with Crippen LogP contribution in [-0.4, -0.2) is 28.9 Å². The topological polar surface area (TPSA) is 37.2 Å². The summed E-state index contributed by atoms with van der Waals surface area (Å²) in [7, 11) is 1.87. The van der Waals surface area contributed by atoms with Gasteiger partial charge < -0.3 is 15.0 Å². The molecule has 0 fully saturated rings. The van der Waals surface area contributed by atoms with Gasteiger partial charge in [-0.05, 0) is 37.1 Å². The molecule has 1 aromatic heterocycles. The van der Waals surface area contributed by atoms with Crippen LogP contribution in [0.4, 0.5) is 0 Å². The molecule has 0 amide bonds. The highest BCUT2D eigenvalue weighted by Gasteiger charge is 2.34. The Morgan fingerprint density at radius 1 is 1.04 bits per heavy atom. The third-order valence-corrected chi connectivity index (χ3v) is 4.15. The van der Waals surface area contributed by atoms with Crippen molar-refractivity contribution in [1.82, 2.24) is 9.88 Å². The normalized spacial score (nSPS) is 14.9. The zero-order chi connectivity index (χ0) is 15.6. The molecule has 0 saturated heterocycles. The minimum Gasteiger partial charge on any atom is -0.386 e. The maximum atomic E-state index is 11.1. The van der Waals surface area contributed by atoms with Crippen LogP contribution in [0.3, 0.4) is 0 Å². The number of rotatable bonds is 5. The van der Waals surface area contributed by atoms with E-state index in [4.69, 9.17) is 0 Å². The minimum absolute atomic E-state index is 0. The van der Waals surface area contributed by atoms with E-state index in [0.29, 0.717) is 6.54 Å². The SMILES string of the molecule is CNC[C@@](C)(O)[C@H](c1ccccc1)n1ccc2ccccc21.Cl. The summed E-state index contributed by atoms with van der Waals surface area (Å²) >= 11 is 0. The molecular formula is C19H23ClN2O. The molecule has 0 aliphatic rings. The van der Waals surface area contributed by atoms with Crippen LogP contribution < -0.4 is 5.32 Å². The molecule has 0 aliphatic heterocycles. The van der Waals surface area contributed by atoms with Gasteiger partial charge in [0.1, 0.15) is 0 Å². The van der Waals surface area contributed by atoms with Crippen molar-refractivity contribution in [2.45, 2.75) is 18.6 Å². The van der Waals surface area contributed by atoms with Gasteiger partial charge in [-0.1, -0.05) is 48.5 Å². The lowest BCUT2D eigenvalue weighted by atomic mass is 9.89. The molecule has 1 heterocycles. The van der Waals surface area contributed by atoms with Crippen LogP contribution in [0.25, 0.3) is 10.9 Å². The van der Waals surface area contributed by atoms with E-state index in [0.717, 1.165) is 11.1 Å². The second-order valence-corrected chi connectivity index (χ2v) is 5.98. The van der Waals surface area contributed by atoms with E-state index in [-0.39, 0.29) is 18.4 Å². The molecule has 3 rings (SSSR count). The summed E-state index contributed by atoms with van der Waals surface area (Å²) < 4.78 is 2.17. The summed E-state index contributed by atoms with van der Waals surface area (Å²) in [6, 6.07) is 20.4. The van der Waals surface area contributed by atoms with E-state index in [1.54, 1.807) is 0 Å². The Hall–Kier alpha value is -1.81. The van der Waals surface area contributed by atoms with Crippen LogP contribution in [0.2, 0.25) is 0 Å². The molecule has 0 unspecified atom stereocenters. The van der Waals surface area contributed by atoms with Crippen LogP contribution in [0, 0.1) is 0 Å². The second-order valence-electron chi connectivity index (χ2n) is 5.98. The zero-order valence-electron chi connectivity index (χ0n) is 13.4. The molecule has 2 atom stereocenters. The summed E-state index contributed by atoms with van der Waals surface area (Å²) in [6.07, 6.45) is 2.06. The lowest BCUT2D eigenvalue weighted by Crippen LogP contribution is -2.44. The van der Waals surface area contributed by atoms with Crippen molar-refractivity contribution in [3.63, 3.8) is 0 Å². The summed E-state index contributed by atoms with van der Waals surface area (Å²) in [4.78, 5) is 0. The van der Waals surface area contributed by atoms with Crippen molar-refractivity contribution >= 4 is 23.3 Å². The number of para-hydroxylation sites is 1. The first-order chi connectivity index (χ1) is 10.6. The lowest BCUT2D eigenvalue weighted by molar-refractivity contribution is 0.0238. The molecule has 0 spiro atoms. The van der Waals surface area contributed by atoms with E-state index in [9.17, 15) is 5.11 Å². The van der Waals surface area contributed by atoms with Gasteiger partial charge in [0.2, 0.25) is 0 Å². The van der Waals surface area contributed by atoms with Gasteiger partial charge in [0, 0.05) is 18.3 Å². The van der Waals surface area contributed by atoms with E-state index < -0.39 is 5.60 Å². The van der Waals surface area contributed by atoms with Crippen molar-refractivity contribution in [1.29, 1.82) is 0 Å². The smallest absolute Gasteiger partial charge is 0.0990 e. The van der Waals surface area contributed by atoms with Gasteiger partial charge in [-0.3, -0.25) is 0 Å². The van der Waals surface area contributed by atoms with E-state index in [1.807, 2.05) is 44.3 Å². The number of hydrogen-bond acceptors (Lipinski definition) is 2. The van der Waals surface area contributed by atoms with Gasteiger partial charge in [-0.15, -0.1) is 12.4 Å². The fraction of sp³-hybridized carbons (Fsp3) is 0.263. The number of halogens is 1. The largest absolute Gasteiger partial charge is 0.386 e. The molecule has 0 saturated carbocycles. The maximum Gasteiger partial charge on any atom is 0.0990 e. The van der Waals surface area contributed by atoms with Gasteiger partial charge in [0.25, 0.3) is 0 Å². The van der Waals surface area contributed by atoms with Gasteiger partial charge in [-0.2, -0.15) is 0 Å². The summed E-state index contributed by atoms with van der Waals surface area (Å²) in [5.41, 5.74) is 1.33. The van der Waals surface area contributed by atoms with Crippen molar-refractivity contribution in [2.24, 2.45) is 0 Å². The standard InChI is InChI=1S/C19H22N2O.ClH/c1-19(22,14-20-2)18(16-9-4-3-5-10-16)21-13-12-15-8-6-7-11-17(15)21;/h3-13,18,20,22H,14H2,1-2H3;1H/t18-,19+;/m0./s1. The molecular weight excluding hydrogens is 308 g/mol. The van der Waals surface area contributed by atoms with Crippen LogP contribution in [0.5, 0.6) is 0 Å². The Labute approximate surface area is 143 Å². The highest BCUT2D eigenvalue weighted by atomic mass is 35.5. The first-order valence-corrected chi connectivity index (χ1v) is 7.61. The first-order valence-electron chi connectivity index (χ1n) is 7.61. The average molecular weight is 331 g/mol. The van der Waals surface area contributed by atoms with E-state index in [1.165, 1.54) is 5.39 Å². The van der Waals surface area contributed by atoms with Crippen LogP contribution >= 0.6 is 12.4 Å². The molecule has 3 nitrogen and oxygen atoms in total. The predicted molar refractivity (Wildman–Crippen MR) is 98.3 cm³/mol. The molecule has 0 bridgehead atoms. The first kappa shape index (κ1) is 17.5. The molecule has 0 radical (unpaired) electrons. The van der Waals surface area contributed by atoms with Gasteiger partial charge in [-0.25, -0.2) is 0 Å². The Bertz CT molecular complexity index is 752. The summed E-state index contributed by atoms with van der Waals surface area (Å²) in [6.45, 7) is 2.40. The molecule has 4 heteroatoms. The molecule has 23 heavy (non-hydrogen) atoms. The summed E-state index contributed by atoms with van der Waals surface area (Å²) in [5.74, 6) is 0. The van der Waals surface area contributed by atoms with Crippen LogP contribution in [-0.2, 0) is 0 Å². The predicted octanol–water partition coefficient (Wildman–Crippen LogP) is 3.62. The number of aliphatic hydroxyl groups is 1. The van der Waals surface area contributed by atoms with Gasteiger partial charge in [0.15, 0.2) is 0 Å². The van der Waals surface area contributed by atoms with Gasteiger partial charge in [0.05, 0.1) is 11.6 Å². The van der Waals surface area contributed by atoms with Crippen LogP contribution in [0.15, 0.2) is 66.9 Å². The fourth-order valence-electron chi connectivity index (χ4n) is 3.24. The molecule has 2 N–H and O–H groups in total. The number of likely N-dealkylation sites (N-methyl/N-ethyl adjacent to an activating group) is 1. The number of hydrogen-bond donors (Lipinski definition) is 2. The number of aromatic nitrogens is 1. The lowest BCUT2D eigenvalue weighted by Gasteiger charge is -2.35. The Balaban J connectivity index is 0.00000192. The van der Waals surface area contributed by atoms with Crippen molar-refractivity contribution in [3.05, 3.63) is 72.4 Å². The molecule has 122 valence electrons. The van der Waals surface area contributed by atoms with E-state index in [2.05, 4.69) is 46.4 Å². The highest BCUT2D eigenvalue weighted by molar-refractivity contribution is 5.85. The molecule has 2 aromatic carbocycles. The number of nitrogens with zero attached hydrogens (tertiary/aromatic N) is 1. The van der Waals surface area contributed by atoms with Crippen molar-refractivity contribution < 1.29 is 5.11 Å². The quantitative estimate of drug-likeness (QED) is 0.749. The van der Waals surface area contributed by atoms with E-state index >= 15 is 0 Å². The fourth-order valence-corrected chi connectivity index (χ4v) is 3.24. The zero-order valence-corrected chi connectivity index (χ0v) is 14.3. The summed E-state index contributed by atoms with van der Waals surface area (Å²) in [5, 5.41) is 15.4. The van der Waals surface area contributed by atoms with Crippen molar-refractivity contribution in [2.75, 3.05) is 13.6 Å². The molecule has 3 aromatic rings. The Kier molecular flexibility index (Phi) is 5.47. The Morgan fingerprint density at radius 3 is 2.39 bits per heavy atom. The highest BCUT2D eigenvalue weighted by Crippen LogP contribution is 2.33. The van der Waals surface area contributed by atoms with Crippen LogP contribution in [0.1, 0.15) is 18.5 Å². The number of fused-ring (bicyclic) bond motifs is 1. The number of benzene rings is 2. The van der Waals surface area contributed by atoms with Crippen molar-refractivity contribution in [3.8, 4) is 0 Å².